The molecule has 0 saturated carbocycles. The largest absolute Gasteiger partial charge is 0.379 e. The van der Waals surface area contributed by atoms with Gasteiger partial charge in [0.15, 0.2) is 0 Å². The minimum Gasteiger partial charge on any atom is -0.379 e. The van der Waals surface area contributed by atoms with Gasteiger partial charge in [-0.25, -0.2) is 0 Å². The normalized spacial score (nSPS) is 20.5. The minimum atomic E-state index is 0.211. The number of anilines is 1. The van der Waals surface area contributed by atoms with E-state index in [0.29, 0.717) is 6.04 Å². The van der Waals surface area contributed by atoms with Crippen molar-refractivity contribution in [3.05, 3.63) is 28.8 Å². The summed E-state index contributed by atoms with van der Waals surface area (Å²) in [6.07, 6.45) is 2.93. The summed E-state index contributed by atoms with van der Waals surface area (Å²) in [6.45, 7) is 3.74. The molecule has 1 aromatic carbocycles. The summed E-state index contributed by atoms with van der Waals surface area (Å²) in [5.41, 5.74) is 8.26. The third-order valence-electron chi connectivity index (χ3n) is 3.87. The molecule has 1 heterocycles. The van der Waals surface area contributed by atoms with Crippen molar-refractivity contribution < 1.29 is 4.74 Å². The minimum absolute atomic E-state index is 0.211. The van der Waals surface area contributed by atoms with Crippen molar-refractivity contribution in [3.63, 3.8) is 0 Å². The highest BCUT2D eigenvalue weighted by Crippen LogP contribution is 2.29. The number of hydrogen-bond donors (Lipinski definition) is 1. The van der Waals surface area contributed by atoms with Gasteiger partial charge in [0.25, 0.3) is 0 Å². The molecule has 2 N–H and O–H groups in total. The molecule has 0 spiro atoms. The lowest BCUT2D eigenvalue weighted by Gasteiger charge is -2.26. The van der Waals surface area contributed by atoms with Gasteiger partial charge in [0, 0.05) is 19.7 Å². The van der Waals surface area contributed by atoms with Crippen LogP contribution in [0, 0.1) is 0 Å². The van der Waals surface area contributed by atoms with Gasteiger partial charge in [-0.2, -0.15) is 0 Å². The van der Waals surface area contributed by atoms with Gasteiger partial charge in [0.05, 0.1) is 23.4 Å². The van der Waals surface area contributed by atoms with E-state index >= 15 is 0 Å². The standard InChI is InChI=1S/C15H23ClN2O/c1-3-12(17)8-11-4-5-15(14(16)9-11)18(2)13-6-7-19-10-13/h4-5,9,12-13H,3,6-8,10,17H2,1-2H3. The smallest absolute Gasteiger partial charge is 0.0670 e. The van der Waals surface area contributed by atoms with Gasteiger partial charge in [0.2, 0.25) is 0 Å². The van der Waals surface area contributed by atoms with E-state index in [1.807, 2.05) is 6.07 Å². The molecule has 1 fully saturated rings. The summed E-state index contributed by atoms with van der Waals surface area (Å²) in [6, 6.07) is 6.91. The first-order valence-corrected chi connectivity index (χ1v) is 7.34. The topological polar surface area (TPSA) is 38.5 Å². The van der Waals surface area contributed by atoms with Crippen LogP contribution in [0.4, 0.5) is 5.69 Å². The first-order valence-electron chi connectivity index (χ1n) is 6.96. The van der Waals surface area contributed by atoms with Crippen LogP contribution in [0.5, 0.6) is 0 Å². The zero-order valence-corrected chi connectivity index (χ0v) is 12.5. The Bertz CT molecular complexity index is 419. The second-order valence-electron chi connectivity index (χ2n) is 5.29. The predicted molar refractivity (Wildman–Crippen MR) is 81.0 cm³/mol. The summed E-state index contributed by atoms with van der Waals surface area (Å²) < 4.78 is 5.43. The number of ether oxygens (including phenoxy) is 1. The molecule has 2 unspecified atom stereocenters. The van der Waals surface area contributed by atoms with Crippen molar-refractivity contribution in [2.24, 2.45) is 5.73 Å². The molecular formula is C15H23ClN2O. The van der Waals surface area contributed by atoms with E-state index in [9.17, 15) is 0 Å². The number of nitrogens with zero attached hydrogens (tertiary/aromatic N) is 1. The molecule has 0 amide bonds. The molecule has 0 aliphatic carbocycles. The molecule has 4 heteroatoms. The lowest BCUT2D eigenvalue weighted by Crippen LogP contribution is -2.32. The van der Waals surface area contributed by atoms with Gasteiger partial charge >= 0.3 is 0 Å². The molecular weight excluding hydrogens is 260 g/mol. The van der Waals surface area contributed by atoms with Gasteiger partial charge in [-0.15, -0.1) is 0 Å². The SMILES string of the molecule is CCC(N)Cc1ccc(N(C)C2CCOC2)c(Cl)c1. The maximum absolute atomic E-state index is 6.41. The van der Waals surface area contributed by atoms with Gasteiger partial charge < -0.3 is 15.4 Å². The number of rotatable bonds is 5. The number of hydrogen-bond acceptors (Lipinski definition) is 3. The fourth-order valence-electron chi connectivity index (χ4n) is 2.43. The zero-order chi connectivity index (χ0) is 13.8. The van der Waals surface area contributed by atoms with Crippen molar-refractivity contribution in [1.29, 1.82) is 0 Å². The van der Waals surface area contributed by atoms with Crippen LogP contribution in [-0.4, -0.2) is 32.3 Å². The molecule has 1 aliphatic rings. The number of likely N-dealkylation sites (N-methyl/N-ethyl adjacent to an activating group) is 1. The van der Waals surface area contributed by atoms with E-state index in [1.54, 1.807) is 0 Å². The van der Waals surface area contributed by atoms with E-state index in [0.717, 1.165) is 43.2 Å². The van der Waals surface area contributed by atoms with Gasteiger partial charge in [0.1, 0.15) is 0 Å². The van der Waals surface area contributed by atoms with Gasteiger partial charge in [-0.3, -0.25) is 0 Å². The van der Waals surface area contributed by atoms with Crippen LogP contribution in [0.2, 0.25) is 5.02 Å². The van der Waals surface area contributed by atoms with Gasteiger partial charge in [-0.05, 0) is 37.0 Å². The van der Waals surface area contributed by atoms with E-state index in [2.05, 4.69) is 31.0 Å². The Kier molecular flexibility index (Phi) is 5.08. The van der Waals surface area contributed by atoms with E-state index in [1.165, 1.54) is 5.56 Å². The highest BCUT2D eigenvalue weighted by Gasteiger charge is 2.22. The second-order valence-corrected chi connectivity index (χ2v) is 5.69. The summed E-state index contributed by atoms with van der Waals surface area (Å²) in [7, 11) is 2.08. The van der Waals surface area contributed by atoms with Crippen molar-refractivity contribution in [3.8, 4) is 0 Å². The molecule has 1 aromatic rings. The van der Waals surface area contributed by atoms with Crippen LogP contribution in [0.1, 0.15) is 25.3 Å². The first kappa shape index (κ1) is 14.6. The van der Waals surface area contributed by atoms with Crippen molar-refractivity contribution >= 4 is 17.3 Å². The second kappa shape index (κ2) is 6.60. The van der Waals surface area contributed by atoms with Crippen molar-refractivity contribution in [2.45, 2.75) is 38.3 Å². The average Bonchev–Trinajstić information content (AvgIpc) is 2.92. The quantitative estimate of drug-likeness (QED) is 0.902. The van der Waals surface area contributed by atoms with E-state index in [4.69, 9.17) is 22.1 Å². The average molecular weight is 283 g/mol. The lowest BCUT2D eigenvalue weighted by atomic mass is 10.0. The highest BCUT2D eigenvalue weighted by molar-refractivity contribution is 6.33. The fraction of sp³-hybridized carbons (Fsp3) is 0.600. The van der Waals surface area contributed by atoms with Gasteiger partial charge in [-0.1, -0.05) is 24.6 Å². The molecule has 0 aromatic heterocycles. The molecule has 1 aliphatic heterocycles. The molecule has 2 rings (SSSR count). The first-order chi connectivity index (χ1) is 9.11. The Hall–Kier alpha value is -0.770. The lowest BCUT2D eigenvalue weighted by molar-refractivity contribution is 0.193. The molecule has 2 atom stereocenters. The molecule has 19 heavy (non-hydrogen) atoms. The van der Waals surface area contributed by atoms with E-state index < -0.39 is 0 Å². The Labute approximate surface area is 120 Å². The predicted octanol–water partition coefficient (Wildman–Crippen LogP) is 2.84. The summed E-state index contributed by atoms with van der Waals surface area (Å²) in [4.78, 5) is 2.22. The Morgan fingerprint density at radius 3 is 2.89 bits per heavy atom. The molecule has 3 nitrogen and oxygen atoms in total. The van der Waals surface area contributed by atoms with Crippen molar-refractivity contribution in [1.82, 2.24) is 0 Å². The fourth-order valence-corrected chi connectivity index (χ4v) is 2.77. The number of nitrogens with two attached hydrogens (primary N) is 1. The van der Waals surface area contributed by atoms with Crippen LogP contribution in [0.3, 0.4) is 0 Å². The molecule has 106 valence electrons. The van der Waals surface area contributed by atoms with Crippen LogP contribution in [-0.2, 0) is 11.2 Å². The summed E-state index contributed by atoms with van der Waals surface area (Å²) >= 11 is 6.41. The van der Waals surface area contributed by atoms with Crippen LogP contribution in [0.25, 0.3) is 0 Å². The van der Waals surface area contributed by atoms with Crippen LogP contribution < -0.4 is 10.6 Å². The van der Waals surface area contributed by atoms with Crippen LogP contribution in [0.15, 0.2) is 18.2 Å². The summed E-state index contributed by atoms with van der Waals surface area (Å²) in [5.74, 6) is 0. The Morgan fingerprint density at radius 2 is 2.32 bits per heavy atom. The molecule has 0 radical (unpaired) electrons. The van der Waals surface area contributed by atoms with Crippen molar-refractivity contribution in [2.75, 3.05) is 25.2 Å². The third kappa shape index (κ3) is 3.62. The van der Waals surface area contributed by atoms with E-state index in [-0.39, 0.29) is 6.04 Å². The monoisotopic (exact) mass is 282 g/mol. The molecule has 1 saturated heterocycles. The molecule has 0 bridgehead atoms. The zero-order valence-electron chi connectivity index (χ0n) is 11.7. The Morgan fingerprint density at radius 1 is 1.53 bits per heavy atom. The summed E-state index contributed by atoms with van der Waals surface area (Å²) in [5, 5.41) is 0.801. The maximum Gasteiger partial charge on any atom is 0.0670 e. The highest BCUT2D eigenvalue weighted by atomic mass is 35.5. The number of halogens is 1. The Balaban J connectivity index is 2.09. The third-order valence-corrected chi connectivity index (χ3v) is 4.17. The van der Waals surface area contributed by atoms with Crippen LogP contribution >= 0.6 is 11.6 Å². The maximum atomic E-state index is 6.41. The number of benzene rings is 1.